The van der Waals surface area contributed by atoms with Crippen LogP contribution in [0.4, 0.5) is 0 Å². The lowest BCUT2D eigenvalue weighted by molar-refractivity contribution is 0.174. The maximum atomic E-state index is 9.70. The van der Waals surface area contributed by atoms with E-state index in [1.807, 2.05) is 23.6 Å². The summed E-state index contributed by atoms with van der Waals surface area (Å²) in [7, 11) is 1.48. The standard InChI is InChI=1S/C20H14N2O4S/c1-24-18-7-12(2-4-16(18)23)6-14(9-21)20-22-15(10-27-20)13-3-5-17-19(8-13)26-11-25-17/h2-8,10,23H,11H2,1H3/b14-6+. The topological polar surface area (TPSA) is 84.6 Å². The molecule has 0 bridgehead atoms. The van der Waals surface area contributed by atoms with E-state index in [2.05, 4.69) is 11.1 Å². The minimum atomic E-state index is 0.0486. The first-order valence-electron chi connectivity index (χ1n) is 8.02. The van der Waals surface area contributed by atoms with Crippen LogP contribution in [0.15, 0.2) is 41.8 Å². The second-order valence-corrected chi connectivity index (χ2v) is 6.57. The molecule has 1 aliphatic rings. The van der Waals surface area contributed by atoms with Crippen molar-refractivity contribution in [2.75, 3.05) is 13.9 Å². The molecule has 0 radical (unpaired) electrons. The van der Waals surface area contributed by atoms with E-state index in [1.165, 1.54) is 24.5 Å². The van der Waals surface area contributed by atoms with Crippen molar-refractivity contribution in [1.82, 2.24) is 4.98 Å². The van der Waals surface area contributed by atoms with Crippen LogP contribution in [0.5, 0.6) is 23.0 Å². The highest BCUT2D eigenvalue weighted by Gasteiger charge is 2.16. The monoisotopic (exact) mass is 378 g/mol. The number of fused-ring (bicyclic) bond motifs is 1. The van der Waals surface area contributed by atoms with Crippen LogP contribution in [0.25, 0.3) is 22.9 Å². The molecule has 3 aromatic rings. The molecule has 1 aromatic heterocycles. The second-order valence-electron chi connectivity index (χ2n) is 5.71. The molecule has 2 heterocycles. The predicted octanol–water partition coefficient (Wildman–Crippen LogP) is 4.32. The molecule has 4 rings (SSSR count). The molecule has 0 saturated carbocycles. The summed E-state index contributed by atoms with van der Waals surface area (Å²) in [4.78, 5) is 4.58. The molecule has 6 nitrogen and oxygen atoms in total. The SMILES string of the molecule is COc1cc(/C=C(\C#N)c2nc(-c3ccc4c(c3)OCO4)cs2)ccc1O. The number of phenols is 1. The van der Waals surface area contributed by atoms with Gasteiger partial charge in [-0.1, -0.05) is 6.07 Å². The highest BCUT2D eigenvalue weighted by atomic mass is 32.1. The third-order valence-electron chi connectivity index (χ3n) is 4.04. The maximum absolute atomic E-state index is 9.70. The molecule has 0 unspecified atom stereocenters. The van der Waals surface area contributed by atoms with Crippen LogP contribution >= 0.6 is 11.3 Å². The van der Waals surface area contributed by atoms with Gasteiger partial charge in [-0.25, -0.2) is 4.98 Å². The van der Waals surface area contributed by atoms with E-state index in [0.717, 1.165) is 16.8 Å². The Bertz CT molecular complexity index is 1080. The summed E-state index contributed by atoms with van der Waals surface area (Å²) in [6, 6.07) is 12.7. The van der Waals surface area contributed by atoms with Crippen molar-refractivity contribution in [3.8, 4) is 40.3 Å². The van der Waals surface area contributed by atoms with Gasteiger partial charge in [0.25, 0.3) is 0 Å². The highest BCUT2D eigenvalue weighted by Crippen LogP contribution is 2.37. The van der Waals surface area contributed by atoms with Gasteiger partial charge in [0.2, 0.25) is 6.79 Å². The van der Waals surface area contributed by atoms with Crippen molar-refractivity contribution in [1.29, 1.82) is 5.26 Å². The maximum Gasteiger partial charge on any atom is 0.231 e. The van der Waals surface area contributed by atoms with Crippen LogP contribution < -0.4 is 14.2 Å². The van der Waals surface area contributed by atoms with Crippen LogP contribution in [0, 0.1) is 11.3 Å². The van der Waals surface area contributed by atoms with Crippen molar-refractivity contribution < 1.29 is 19.3 Å². The van der Waals surface area contributed by atoms with Gasteiger partial charge >= 0.3 is 0 Å². The van der Waals surface area contributed by atoms with Gasteiger partial charge < -0.3 is 19.3 Å². The van der Waals surface area contributed by atoms with E-state index in [-0.39, 0.29) is 12.5 Å². The van der Waals surface area contributed by atoms with Crippen molar-refractivity contribution in [3.05, 3.63) is 52.3 Å². The normalized spacial score (nSPS) is 12.7. The summed E-state index contributed by atoms with van der Waals surface area (Å²) in [5, 5.41) is 21.8. The van der Waals surface area contributed by atoms with Gasteiger partial charge in [-0.05, 0) is 42.0 Å². The highest BCUT2D eigenvalue weighted by molar-refractivity contribution is 7.11. The van der Waals surface area contributed by atoms with Gasteiger partial charge in [0.1, 0.15) is 11.1 Å². The Labute approximate surface area is 159 Å². The number of nitrogens with zero attached hydrogens (tertiary/aromatic N) is 2. The molecule has 1 aliphatic heterocycles. The van der Waals surface area contributed by atoms with Gasteiger partial charge in [-0.3, -0.25) is 0 Å². The zero-order valence-electron chi connectivity index (χ0n) is 14.3. The minimum Gasteiger partial charge on any atom is -0.504 e. The summed E-state index contributed by atoms with van der Waals surface area (Å²) in [5.41, 5.74) is 2.82. The molecule has 7 heteroatoms. The predicted molar refractivity (Wildman–Crippen MR) is 102 cm³/mol. The molecule has 134 valence electrons. The molecular weight excluding hydrogens is 364 g/mol. The van der Waals surface area contributed by atoms with Crippen LogP contribution in [-0.4, -0.2) is 24.0 Å². The zero-order valence-corrected chi connectivity index (χ0v) is 15.1. The summed E-state index contributed by atoms with van der Waals surface area (Å²) < 4.78 is 15.8. The number of hydrogen-bond donors (Lipinski definition) is 1. The summed E-state index contributed by atoms with van der Waals surface area (Å²) >= 11 is 1.39. The van der Waals surface area contributed by atoms with Crippen molar-refractivity contribution >= 4 is 23.0 Å². The largest absolute Gasteiger partial charge is 0.504 e. The number of hydrogen-bond acceptors (Lipinski definition) is 7. The van der Waals surface area contributed by atoms with Gasteiger partial charge in [0.05, 0.1) is 18.4 Å². The molecule has 0 spiro atoms. The van der Waals surface area contributed by atoms with Gasteiger partial charge in [0.15, 0.2) is 23.0 Å². The number of nitriles is 1. The van der Waals surface area contributed by atoms with Crippen molar-refractivity contribution in [2.24, 2.45) is 0 Å². The molecule has 0 saturated heterocycles. The fourth-order valence-corrected chi connectivity index (χ4v) is 3.47. The summed E-state index contributed by atoms with van der Waals surface area (Å²) in [6.07, 6.45) is 1.71. The van der Waals surface area contributed by atoms with Crippen LogP contribution in [-0.2, 0) is 0 Å². The smallest absolute Gasteiger partial charge is 0.231 e. The first-order chi connectivity index (χ1) is 13.2. The number of phenolic OH excluding ortho intramolecular Hbond substituents is 1. The lowest BCUT2D eigenvalue weighted by Gasteiger charge is -2.04. The average molecular weight is 378 g/mol. The Balaban J connectivity index is 1.66. The van der Waals surface area contributed by atoms with Gasteiger partial charge in [-0.15, -0.1) is 11.3 Å². The Morgan fingerprint density at radius 2 is 2.11 bits per heavy atom. The Kier molecular flexibility index (Phi) is 4.40. The van der Waals surface area contributed by atoms with Crippen LogP contribution in [0.3, 0.4) is 0 Å². The fraction of sp³-hybridized carbons (Fsp3) is 0.100. The summed E-state index contributed by atoms with van der Waals surface area (Å²) in [6.45, 7) is 0.221. The number of aromatic hydroxyl groups is 1. The third kappa shape index (κ3) is 3.30. The van der Waals surface area contributed by atoms with Crippen molar-refractivity contribution in [2.45, 2.75) is 0 Å². The fourth-order valence-electron chi connectivity index (χ4n) is 2.68. The first kappa shape index (κ1) is 16.9. The number of ether oxygens (including phenoxy) is 3. The first-order valence-corrected chi connectivity index (χ1v) is 8.90. The molecular formula is C20H14N2O4S. The number of thiazole rings is 1. The van der Waals surface area contributed by atoms with E-state index >= 15 is 0 Å². The van der Waals surface area contributed by atoms with Crippen LogP contribution in [0.2, 0.25) is 0 Å². The lowest BCUT2D eigenvalue weighted by Crippen LogP contribution is -1.92. The number of rotatable bonds is 4. The quantitative estimate of drug-likeness (QED) is 0.681. The molecule has 27 heavy (non-hydrogen) atoms. The van der Waals surface area contributed by atoms with E-state index < -0.39 is 0 Å². The summed E-state index contributed by atoms with van der Waals surface area (Å²) in [5.74, 6) is 1.80. The lowest BCUT2D eigenvalue weighted by atomic mass is 10.1. The molecule has 0 atom stereocenters. The zero-order chi connectivity index (χ0) is 18.8. The van der Waals surface area contributed by atoms with E-state index in [0.29, 0.717) is 27.8 Å². The van der Waals surface area contributed by atoms with Crippen LogP contribution in [0.1, 0.15) is 10.6 Å². The van der Waals surface area contributed by atoms with Gasteiger partial charge in [0, 0.05) is 10.9 Å². The Hall–Kier alpha value is -3.50. The third-order valence-corrected chi connectivity index (χ3v) is 4.91. The molecule has 1 N–H and O–H groups in total. The number of allylic oxidation sites excluding steroid dienone is 1. The number of methoxy groups -OCH3 is 1. The van der Waals surface area contributed by atoms with Gasteiger partial charge in [-0.2, -0.15) is 5.26 Å². The Morgan fingerprint density at radius 3 is 2.93 bits per heavy atom. The molecule has 0 fully saturated rings. The van der Waals surface area contributed by atoms with E-state index in [1.54, 1.807) is 18.2 Å². The second kappa shape index (κ2) is 7.02. The molecule has 0 aliphatic carbocycles. The average Bonchev–Trinajstić information content (AvgIpc) is 3.36. The van der Waals surface area contributed by atoms with Crippen molar-refractivity contribution in [3.63, 3.8) is 0 Å². The Morgan fingerprint density at radius 1 is 1.26 bits per heavy atom. The number of benzene rings is 2. The molecule has 0 amide bonds. The molecule has 2 aromatic carbocycles. The van der Waals surface area contributed by atoms with E-state index in [9.17, 15) is 10.4 Å². The minimum absolute atomic E-state index is 0.0486. The number of aromatic nitrogens is 1. The van der Waals surface area contributed by atoms with E-state index in [4.69, 9.17) is 14.2 Å².